The summed E-state index contributed by atoms with van der Waals surface area (Å²) in [6.07, 6.45) is 2.25. The molecule has 15 heavy (non-hydrogen) atoms. The Balaban J connectivity index is 3.38. The monoisotopic (exact) mass is 218 g/mol. The van der Waals surface area contributed by atoms with Crippen molar-refractivity contribution in [1.29, 1.82) is 0 Å². The highest BCUT2D eigenvalue weighted by Gasteiger charge is 2.02. The molecule has 0 bridgehead atoms. The molecule has 0 aliphatic heterocycles. The van der Waals surface area contributed by atoms with Crippen LogP contribution in [0.5, 0.6) is 0 Å². The predicted octanol–water partition coefficient (Wildman–Crippen LogP) is 0.710. The maximum atomic E-state index is 5.49. The zero-order valence-corrected chi connectivity index (χ0v) is 10.2. The van der Waals surface area contributed by atoms with Crippen LogP contribution in [0.15, 0.2) is 0 Å². The van der Waals surface area contributed by atoms with Crippen molar-refractivity contribution in [2.75, 3.05) is 53.1 Å². The van der Waals surface area contributed by atoms with Crippen molar-refractivity contribution in [1.82, 2.24) is 4.90 Å². The molecule has 0 aliphatic carbocycles. The summed E-state index contributed by atoms with van der Waals surface area (Å²) in [5, 5.41) is 0. The van der Waals surface area contributed by atoms with Gasteiger partial charge in [0.05, 0.1) is 19.8 Å². The van der Waals surface area contributed by atoms with E-state index in [1.807, 2.05) is 0 Å². The van der Waals surface area contributed by atoms with Crippen LogP contribution in [0.2, 0.25) is 0 Å². The first-order chi connectivity index (χ1) is 7.35. The van der Waals surface area contributed by atoms with Gasteiger partial charge in [-0.3, -0.25) is 0 Å². The van der Waals surface area contributed by atoms with Gasteiger partial charge in [-0.2, -0.15) is 0 Å². The van der Waals surface area contributed by atoms with Crippen LogP contribution in [0, 0.1) is 0 Å². The van der Waals surface area contributed by atoms with Crippen molar-refractivity contribution >= 4 is 0 Å². The average molecular weight is 218 g/mol. The topological polar surface area (TPSA) is 47.7 Å². The van der Waals surface area contributed by atoms with E-state index in [1.54, 1.807) is 7.11 Å². The smallest absolute Gasteiger partial charge is 0.0700 e. The molecule has 0 atom stereocenters. The summed E-state index contributed by atoms with van der Waals surface area (Å²) in [5.74, 6) is 0. The highest BCUT2D eigenvalue weighted by atomic mass is 16.5. The van der Waals surface area contributed by atoms with Crippen molar-refractivity contribution in [2.24, 2.45) is 5.73 Å². The van der Waals surface area contributed by atoms with E-state index in [9.17, 15) is 0 Å². The van der Waals surface area contributed by atoms with Crippen LogP contribution in [0.25, 0.3) is 0 Å². The fraction of sp³-hybridized carbons (Fsp3) is 1.00. The van der Waals surface area contributed by atoms with Gasteiger partial charge in [-0.05, 0) is 32.5 Å². The van der Waals surface area contributed by atoms with Crippen molar-refractivity contribution in [3.63, 3.8) is 0 Å². The van der Waals surface area contributed by atoms with Gasteiger partial charge in [0.25, 0.3) is 0 Å². The van der Waals surface area contributed by atoms with E-state index in [4.69, 9.17) is 15.2 Å². The van der Waals surface area contributed by atoms with Crippen molar-refractivity contribution in [3.05, 3.63) is 0 Å². The summed E-state index contributed by atoms with van der Waals surface area (Å²) < 4.78 is 10.3. The van der Waals surface area contributed by atoms with Gasteiger partial charge in [0.2, 0.25) is 0 Å². The summed E-state index contributed by atoms with van der Waals surface area (Å²) in [6.45, 7) is 8.33. The minimum atomic E-state index is 0.677. The molecule has 2 N–H and O–H groups in total. The number of hydrogen-bond donors (Lipinski definition) is 1. The number of nitrogens with zero attached hydrogens (tertiary/aromatic N) is 1. The van der Waals surface area contributed by atoms with Crippen LogP contribution in [0.4, 0.5) is 0 Å². The van der Waals surface area contributed by atoms with Gasteiger partial charge >= 0.3 is 0 Å². The molecular formula is C11H26N2O2. The first-order valence-electron chi connectivity index (χ1n) is 5.84. The fourth-order valence-electron chi connectivity index (χ4n) is 1.40. The second-order valence-electron chi connectivity index (χ2n) is 3.59. The molecule has 0 rings (SSSR count). The van der Waals surface area contributed by atoms with Gasteiger partial charge in [-0.1, -0.05) is 6.92 Å². The molecule has 4 heteroatoms. The lowest BCUT2D eigenvalue weighted by Gasteiger charge is -2.21. The van der Waals surface area contributed by atoms with Gasteiger partial charge in [-0.15, -0.1) is 0 Å². The van der Waals surface area contributed by atoms with Crippen molar-refractivity contribution in [2.45, 2.75) is 19.8 Å². The van der Waals surface area contributed by atoms with Gasteiger partial charge < -0.3 is 20.1 Å². The summed E-state index contributed by atoms with van der Waals surface area (Å²) in [6, 6.07) is 0. The Hall–Kier alpha value is -0.160. The third-order valence-corrected chi connectivity index (χ3v) is 2.20. The Morgan fingerprint density at radius 2 is 1.87 bits per heavy atom. The molecule has 0 aromatic heterocycles. The zero-order valence-electron chi connectivity index (χ0n) is 10.2. The molecule has 0 aliphatic rings. The normalized spacial score (nSPS) is 11.2. The Kier molecular flexibility index (Phi) is 11.8. The van der Waals surface area contributed by atoms with Crippen molar-refractivity contribution < 1.29 is 9.47 Å². The van der Waals surface area contributed by atoms with E-state index in [1.165, 1.54) is 6.42 Å². The number of ether oxygens (including phenoxy) is 2. The van der Waals surface area contributed by atoms with Crippen LogP contribution in [-0.2, 0) is 9.47 Å². The van der Waals surface area contributed by atoms with Gasteiger partial charge in [-0.25, -0.2) is 0 Å². The molecule has 0 spiro atoms. The Morgan fingerprint density at radius 3 is 2.47 bits per heavy atom. The van der Waals surface area contributed by atoms with E-state index >= 15 is 0 Å². The standard InChI is InChI=1S/C11H26N2O2/c1-3-6-13(7-4-5-12)8-9-15-11-10-14-2/h3-12H2,1-2H3. The first kappa shape index (κ1) is 14.8. The number of methoxy groups -OCH3 is 1. The van der Waals surface area contributed by atoms with Gasteiger partial charge in [0, 0.05) is 13.7 Å². The van der Waals surface area contributed by atoms with Crippen LogP contribution in [-0.4, -0.2) is 58.0 Å². The summed E-state index contributed by atoms with van der Waals surface area (Å²) >= 11 is 0. The second-order valence-corrected chi connectivity index (χ2v) is 3.59. The maximum Gasteiger partial charge on any atom is 0.0700 e. The molecule has 4 nitrogen and oxygen atoms in total. The van der Waals surface area contributed by atoms with E-state index in [-0.39, 0.29) is 0 Å². The Bertz CT molecular complexity index is 123. The van der Waals surface area contributed by atoms with Crippen LogP contribution in [0.3, 0.4) is 0 Å². The average Bonchev–Trinajstić information content (AvgIpc) is 2.25. The number of nitrogens with two attached hydrogens (primary N) is 1. The highest BCUT2D eigenvalue weighted by Crippen LogP contribution is 1.93. The SMILES string of the molecule is CCCN(CCCN)CCOCCOC. The molecule has 0 heterocycles. The zero-order chi connectivity index (χ0) is 11.4. The van der Waals surface area contributed by atoms with Crippen LogP contribution < -0.4 is 5.73 Å². The minimum absolute atomic E-state index is 0.677. The lowest BCUT2D eigenvalue weighted by atomic mass is 10.3. The van der Waals surface area contributed by atoms with Crippen LogP contribution >= 0.6 is 0 Å². The fourth-order valence-corrected chi connectivity index (χ4v) is 1.40. The lowest BCUT2D eigenvalue weighted by molar-refractivity contribution is 0.0570. The largest absolute Gasteiger partial charge is 0.382 e. The van der Waals surface area contributed by atoms with Gasteiger partial charge in [0.1, 0.15) is 0 Å². The van der Waals surface area contributed by atoms with E-state index in [0.29, 0.717) is 13.2 Å². The maximum absolute atomic E-state index is 5.49. The lowest BCUT2D eigenvalue weighted by Crippen LogP contribution is -2.30. The van der Waals surface area contributed by atoms with Crippen molar-refractivity contribution in [3.8, 4) is 0 Å². The Labute approximate surface area is 93.7 Å². The summed E-state index contributed by atoms with van der Waals surface area (Å²) in [7, 11) is 1.69. The predicted molar refractivity (Wildman–Crippen MR) is 63.1 cm³/mol. The van der Waals surface area contributed by atoms with E-state index in [0.717, 1.165) is 39.2 Å². The molecule has 0 amide bonds. The number of hydrogen-bond acceptors (Lipinski definition) is 4. The molecule has 0 aromatic rings. The molecule has 92 valence electrons. The number of rotatable bonds is 11. The molecule has 0 fully saturated rings. The van der Waals surface area contributed by atoms with Crippen LogP contribution in [0.1, 0.15) is 19.8 Å². The first-order valence-corrected chi connectivity index (χ1v) is 5.84. The molecule has 0 unspecified atom stereocenters. The molecular weight excluding hydrogens is 192 g/mol. The molecule has 0 saturated carbocycles. The molecule has 0 aromatic carbocycles. The molecule has 0 saturated heterocycles. The van der Waals surface area contributed by atoms with Gasteiger partial charge in [0.15, 0.2) is 0 Å². The molecule has 0 radical (unpaired) electrons. The quantitative estimate of drug-likeness (QED) is 0.519. The summed E-state index contributed by atoms with van der Waals surface area (Å²) in [5.41, 5.74) is 5.49. The minimum Gasteiger partial charge on any atom is -0.382 e. The van der Waals surface area contributed by atoms with E-state index in [2.05, 4.69) is 11.8 Å². The highest BCUT2D eigenvalue weighted by molar-refractivity contribution is 4.57. The van der Waals surface area contributed by atoms with E-state index < -0.39 is 0 Å². The third kappa shape index (κ3) is 10.1. The Morgan fingerprint density at radius 1 is 1.07 bits per heavy atom. The second kappa shape index (κ2) is 11.9. The summed E-state index contributed by atoms with van der Waals surface area (Å²) in [4.78, 5) is 2.40. The third-order valence-electron chi connectivity index (χ3n) is 2.20.